The first kappa shape index (κ1) is 15.4. The monoisotopic (exact) mass is 352 g/mol. The molecule has 3 aromatic rings. The first-order chi connectivity index (χ1) is 11.1. The molecule has 0 radical (unpaired) electrons. The molecule has 0 spiro atoms. The average Bonchev–Trinajstić information content (AvgIpc) is 3.15. The van der Waals surface area contributed by atoms with Crippen LogP contribution in [0.1, 0.15) is 5.89 Å². The number of nitrogens with zero attached hydrogens (tertiary/aromatic N) is 2. The predicted octanol–water partition coefficient (Wildman–Crippen LogP) is 3.91. The lowest BCUT2D eigenvalue weighted by Gasteiger charge is -2.03. The van der Waals surface area contributed by atoms with Crippen molar-refractivity contribution in [2.24, 2.45) is 0 Å². The fraction of sp³-hybridized carbons (Fsp3) is 0.0714. The van der Waals surface area contributed by atoms with Gasteiger partial charge in [-0.05, 0) is 23.6 Å². The summed E-state index contributed by atoms with van der Waals surface area (Å²) in [6.07, 6.45) is 0. The third-order valence-corrected chi connectivity index (χ3v) is 3.99. The second-order valence-electron chi connectivity index (χ2n) is 4.44. The van der Waals surface area contributed by atoms with Crippen molar-refractivity contribution in [3.63, 3.8) is 0 Å². The van der Waals surface area contributed by atoms with E-state index >= 15 is 0 Å². The Kier molecular flexibility index (Phi) is 4.54. The zero-order valence-electron chi connectivity index (χ0n) is 11.5. The van der Waals surface area contributed by atoms with Crippen LogP contribution >= 0.6 is 22.9 Å². The van der Waals surface area contributed by atoms with Crippen LogP contribution in [-0.2, 0) is 6.54 Å². The molecule has 0 aliphatic heterocycles. The van der Waals surface area contributed by atoms with Crippen LogP contribution in [0.25, 0.3) is 11.4 Å². The Hall–Kier alpha value is -2.45. The number of hydrogen-bond donors (Lipinski definition) is 2. The molecule has 0 saturated carbocycles. The van der Waals surface area contributed by atoms with E-state index in [2.05, 4.69) is 20.8 Å². The molecule has 2 N–H and O–H groups in total. The first-order valence-electron chi connectivity index (χ1n) is 6.48. The van der Waals surface area contributed by atoms with Gasteiger partial charge in [0.15, 0.2) is 0 Å². The zero-order chi connectivity index (χ0) is 16.2. The van der Waals surface area contributed by atoms with Gasteiger partial charge in [-0.25, -0.2) is 9.18 Å². The summed E-state index contributed by atoms with van der Waals surface area (Å²) in [4.78, 5) is 15.8. The molecule has 0 aliphatic rings. The molecule has 0 aliphatic carbocycles. The van der Waals surface area contributed by atoms with E-state index in [-0.39, 0.29) is 24.1 Å². The molecule has 0 fully saturated rings. The van der Waals surface area contributed by atoms with Crippen molar-refractivity contribution in [1.82, 2.24) is 15.5 Å². The van der Waals surface area contributed by atoms with E-state index < -0.39 is 6.03 Å². The van der Waals surface area contributed by atoms with Gasteiger partial charge in [0.2, 0.25) is 11.7 Å². The molecule has 0 saturated heterocycles. The number of aromatic nitrogens is 2. The SMILES string of the molecule is O=C(NCc1nc(-c2cccc(F)c2)no1)Nc1ccsc1Cl. The van der Waals surface area contributed by atoms with Gasteiger partial charge in [0, 0.05) is 5.56 Å². The van der Waals surface area contributed by atoms with Gasteiger partial charge in [-0.3, -0.25) is 0 Å². The van der Waals surface area contributed by atoms with E-state index in [1.54, 1.807) is 23.6 Å². The number of amides is 2. The number of halogens is 2. The van der Waals surface area contributed by atoms with Crippen LogP contribution in [0.4, 0.5) is 14.9 Å². The lowest BCUT2D eigenvalue weighted by Crippen LogP contribution is -2.28. The van der Waals surface area contributed by atoms with Crippen molar-refractivity contribution in [1.29, 1.82) is 0 Å². The van der Waals surface area contributed by atoms with Gasteiger partial charge in [0.05, 0.1) is 12.2 Å². The molecule has 118 valence electrons. The Labute approximate surface area is 139 Å². The van der Waals surface area contributed by atoms with Crippen LogP contribution in [0.15, 0.2) is 40.2 Å². The lowest BCUT2D eigenvalue weighted by molar-refractivity contribution is 0.249. The summed E-state index contributed by atoms with van der Waals surface area (Å²) < 4.78 is 18.7. The second kappa shape index (κ2) is 6.76. The molecule has 9 heteroatoms. The standard InChI is InChI=1S/C14H10ClFN4O2S/c15-12-10(4-5-23-12)18-14(21)17-7-11-19-13(20-22-11)8-2-1-3-9(16)6-8/h1-6H,7H2,(H2,17,18,21). The van der Waals surface area contributed by atoms with Crippen molar-refractivity contribution in [3.8, 4) is 11.4 Å². The van der Waals surface area contributed by atoms with E-state index in [0.717, 1.165) is 0 Å². The molecule has 3 rings (SSSR count). The predicted molar refractivity (Wildman–Crippen MR) is 84.9 cm³/mol. The topological polar surface area (TPSA) is 80.1 Å². The number of thiophene rings is 1. The van der Waals surface area contributed by atoms with Crippen molar-refractivity contribution >= 4 is 34.7 Å². The van der Waals surface area contributed by atoms with Gasteiger partial charge >= 0.3 is 6.03 Å². The Morgan fingerprint density at radius 1 is 1.39 bits per heavy atom. The number of nitrogens with one attached hydrogen (secondary N) is 2. The number of urea groups is 1. The van der Waals surface area contributed by atoms with Crippen LogP contribution in [0.2, 0.25) is 4.34 Å². The molecule has 1 aromatic carbocycles. The number of benzene rings is 1. The van der Waals surface area contributed by atoms with Crippen LogP contribution in [0.5, 0.6) is 0 Å². The summed E-state index contributed by atoms with van der Waals surface area (Å²) in [7, 11) is 0. The highest BCUT2D eigenvalue weighted by atomic mass is 35.5. The fourth-order valence-electron chi connectivity index (χ4n) is 1.78. The van der Waals surface area contributed by atoms with Gasteiger partial charge in [-0.2, -0.15) is 4.98 Å². The van der Waals surface area contributed by atoms with Crippen LogP contribution in [0, 0.1) is 5.82 Å². The third-order valence-electron chi connectivity index (χ3n) is 2.82. The highest BCUT2D eigenvalue weighted by molar-refractivity contribution is 7.15. The maximum atomic E-state index is 13.2. The molecule has 2 aromatic heterocycles. The summed E-state index contributed by atoms with van der Waals surface area (Å²) in [5.74, 6) is 0.0670. The first-order valence-corrected chi connectivity index (χ1v) is 7.74. The Morgan fingerprint density at radius 3 is 3.00 bits per heavy atom. The molecular formula is C14H10ClFN4O2S. The number of rotatable bonds is 4. The van der Waals surface area contributed by atoms with E-state index in [0.29, 0.717) is 15.6 Å². The van der Waals surface area contributed by atoms with Crippen molar-refractivity contribution in [3.05, 3.63) is 51.8 Å². The molecule has 0 unspecified atom stereocenters. The van der Waals surface area contributed by atoms with E-state index in [1.165, 1.54) is 23.5 Å². The maximum Gasteiger partial charge on any atom is 0.319 e. The van der Waals surface area contributed by atoms with Crippen LogP contribution in [0.3, 0.4) is 0 Å². The minimum atomic E-state index is -0.448. The van der Waals surface area contributed by atoms with Crippen LogP contribution < -0.4 is 10.6 Å². The highest BCUT2D eigenvalue weighted by Crippen LogP contribution is 2.27. The van der Waals surface area contributed by atoms with Gasteiger partial charge in [-0.1, -0.05) is 28.9 Å². The molecule has 23 heavy (non-hydrogen) atoms. The molecule has 2 amide bonds. The number of carbonyl (C=O) groups excluding carboxylic acids is 1. The Bertz CT molecular complexity index is 836. The van der Waals surface area contributed by atoms with Crippen LogP contribution in [-0.4, -0.2) is 16.2 Å². The second-order valence-corrected chi connectivity index (χ2v) is 5.96. The summed E-state index contributed by atoms with van der Waals surface area (Å²) in [6, 6.07) is 7.09. The molecule has 0 bridgehead atoms. The molecule has 2 heterocycles. The van der Waals surface area contributed by atoms with Gasteiger partial charge < -0.3 is 15.2 Å². The minimum absolute atomic E-state index is 0.0376. The van der Waals surface area contributed by atoms with E-state index in [4.69, 9.17) is 16.1 Å². The summed E-state index contributed by atoms with van der Waals surface area (Å²) in [6.45, 7) is 0.0376. The highest BCUT2D eigenvalue weighted by Gasteiger charge is 2.11. The number of anilines is 1. The largest absolute Gasteiger partial charge is 0.337 e. The smallest absolute Gasteiger partial charge is 0.319 e. The Morgan fingerprint density at radius 2 is 2.26 bits per heavy atom. The normalized spacial score (nSPS) is 10.5. The van der Waals surface area contributed by atoms with Crippen molar-refractivity contribution in [2.75, 3.05) is 5.32 Å². The quantitative estimate of drug-likeness (QED) is 0.746. The fourth-order valence-corrected chi connectivity index (χ4v) is 2.61. The summed E-state index contributed by atoms with van der Waals surface area (Å²) >= 11 is 7.20. The minimum Gasteiger partial charge on any atom is -0.337 e. The Balaban J connectivity index is 1.59. The van der Waals surface area contributed by atoms with E-state index in [9.17, 15) is 9.18 Å². The van der Waals surface area contributed by atoms with Gasteiger partial charge in [0.1, 0.15) is 10.2 Å². The molecule has 6 nitrogen and oxygen atoms in total. The lowest BCUT2D eigenvalue weighted by atomic mass is 10.2. The van der Waals surface area contributed by atoms with Crippen molar-refractivity contribution < 1.29 is 13.7 Å². The van der Waals surface area contributed by atoms with Gasteiger partial charge in [-0.15, -0.1) is 11.3 Å². The molecular weight excluding hydrogens is 343 g/mol. The zero-order valence-corrected chi connectivity index (χ0v) is 13.1. The molecule has 0 atom stereocenters. The van der Waals surface area contributed by atoms with Crippen molar-refractivity contribution in [2.45, 2.75) is 6.54 Å². The van der Waals surface area contributed by atoms with Gasteiger partial charge in [0.25, 0.3) is 0 Å². The average molecular weight is 353 g/mol. The summed E-state index contributed by atoms with van der Waals surface area (Å²) in [5, 5.41) is 10.7. The maximum absolute atomic E-state index is 13.2. The third kappa shape index (κ3) is 3.85. The number of hydrogen-bond acceptors (Lipinski definition) is 5. The van der Waals surface area contributed by atoms with E-state index in [1.807, 2.05) is 0 Å². The summed E-state index contributed by atoms with van der Waals surface area (Å²) in [5.41, 5.74) is 1.02. The number of carbonyl (C=O) groups is 1.